The second-order valence-electron chi connectivity index (χ2n) is 4.53. The zero-order chi connectivity index (χ0) is 14.3. The Kier molecular flexibility index (Phi) is 6.94. The summed E-state index contributed by atoms with van der Waals surface area (Å²) in [6.45, 7) is 6.61. The normalized spacial score (nSPS) is 12.4. The minimum Gasteiger partial charge on any atom is -0.396 e. The number of nitrogens with zero attached hydrogens (tertiary/aromatic N) is 2. The first kappa shape index (κ1) is 16.0. The molecule has 19 heavy (non-hydrogen) atoms. The summed E-state index contributed by atoms with van der Waals surface area (Å²) in [4.78, 5) is 12.0. The molecule has 6 heteroatoms. The zero-order valence-electron chi connectivity index (χ0n) is 11.8. The molecule has 0 spiro atoms. The Balaban J connectivity index is 2.31. The van der Waals surface area contributed by atoms with Crippen LogP contribution in [0, 0.1) is 13.8 Å². The van der Waals surface area contributed by atoms with Crippen LogP contribution in [0.1, 0.15) is 30.8 Å². The van der Waals surface area contributed by atoms with Gasteiger partial charge in [-0.1, -0.05) is 0 Å². The van der Waals surface area contributed by atoms with Gasteiger partial charge in [0.05, 0.1) is 5.69 Å². The van der Waals surface area contributed by atoms with E-state index in [1.165, 1.54) is 0 Å². The number of amides is 1. The summed E-state index contributed by atoms with van der Waals surface area (Å²) in [5, 5.41) is 15.9. The number of hydrogen-bond donors (Lipinski definition) is 2. The highest BCUT2D eigenvalue weighted by Gasteiger charge is 2.16. The van der Waals surface area contributed by atoms with Crippen LogP contribution in [0.25, 0.3) is 0 Å². The molecule has 0 aromatic carbocycles. The summed E-state index contributed by atoms with van der Waals surface area (Å²) in [5.74, 6) is 1.79. The minimum atomic E-state index is -0.281. The Morgan fingerprint density at radius 1 is 1.53 bits per heavy atom. The van der Waals surface area contributed by atoms with Crippen molar-refractivity contribution in [1.82, 2.24) is 15.1 Å². The molecule has 1 aromatic heterocycles. The van der Waals surface area contributed by atoms with E-state index in [-0.39, 0.29) is 18.6 Å². The lowest BCUT2D eigenvalue weighted by Crippen LogP contribution is -2.33. The second kappa shape index (κ2) is 8.22. The van der Waals surface area contributed by atoms with Gasteiger partial charge in [-0.05, 0) is 39.0 Å². The Bertz CT molecular complexity index is 407. The van der Waals surface area contributed by atoms with Crippen molar-refractivity contribution in [3.05, 3.63) is 17.5 Å². The van der Waals surface area contributed by atoms with Gasteiger partial charge in [0.25, 0.3) is 0 Å². The summed E-state index contributed by atoms with van der Waals surface area (Å²) in [6, 6.07) is 1.69. The molecule has 1 rings (SSSR count). The van der Waals surface area contributed by atoms with Gasteiger partial charge in [0.1, 0.15) is 6.04 Å². The van der Waals surface area contributed by atoms with Gasteiger partial charge < -0.3 is 10.4 Å². The quantitative estimate of drug-likeness (QED) is 0.706. The molecule has 1 atom stereocenters. The number of aliphatic hydroxyl groups is 1. The van der Waals surface area contributed by atoms with Gasteiger partial charge in [-0.2, -0.15) is 16.9 Å². The third-order valence-corrected chi connectivity index (χ3v) is 3.85. The number of thioether (sulfide) groups is 1. The molecule has 2 N–H and O–H groups in total. The van der Waals surface area contributed by atoms with E-state index in [4.69, 9.17) is 5.11 Å². The predicted octanol–water partition coefficient (Wildman–Crippen LogP) is 1.29. The number of carbonyl (C=O) groups excluding carboxylic acids is 1. The lowest BCUT2D eigenvalue weighted by molar-refractivity contribution is -0.124. The molecule has 0 fully saturated rings. The van der Waals surface area contributed by atoms with Crippen LogP contribution in [0.15, 0.2) is 6.07 Å². The molecule has 0 bridgehead atoms. The standard InChI is InChI=1S/C13H23N3O2S/c1-10-9-11(2)16(15-10)12(3)13(18)14-5-8-19-7-4-6-17/h9,12,17H,4-8H2,1-3H3,(H,14,18). The number of nitrogens with one attached hydrogen (secondary N) is 1. The van der Waals surface area contributed by atoms with Crippen molar-refractivity contribution in [2.45, 2.75) is 33.2 Å². The summed E-state index contributed by atoms with van der Waals surface area (Å²) in [7, 11) is 0. The van der Waals surface area contributed by atoms with Crippen LogP contribution in [0.4, 0.5) is 0 Å². The van der Waals surface area contributed by atoms with Gasteiger partial charge in [-0.3, -0.25) is 9.48 Å². The van der Waals surface area contributed by atoms with E-state index in [9.17, 15) is 4.79 Å². The minimum absolute atomic E-state index is 0.00559. The van der Waals surface area contributed by atoms with E-state index >= 15 is 0 Å². The van der Waals surface area contributed by atoms with Crippen LogP contribution in [-0.2, 0) is 4.79 Å². The van der Waals surface area contributed by atoms with Gasteiger partial charge >= 0.3 is 0 Å². The van der Waals surface area contributed by atoms with Crippen molar-refractivity contribution in [3.63, 3.8) is 0 Å². The van der Waals surface area contributed by atoms with Crippen LogP contribution < -0.4 is 5.32 Å². The SMILES string of the molecule is Cc1cc(C)n(C(C)C(=O)NCCSCCCO)n1. The maximum absolute atomic E-state index is 12.0. The number of rotatable bonds is 8. The van der Waals surface area contributed by atoms with Gasteiger partial charge in [0.15, 0.2) is 0 Å². The van der Waals surface area contributed by atoms with E-state index in [1.54, 1.807) is 16.4 Å². The number of carbonyl (C=O) groups is 1. The zero-order valence-corrected chi connectivity index (χ0v) is 12.7. The first-order valence-corrected chi connectivity index (χ1v) is 7.70. The summed E-state index contributed by atoms with van der Waals surface area (Å²) < 4.78 is 1.75. The van der Waals surface area contributed by atoms with E-state index in [0.717, 1.165) is 29.3 Å². The molecule has 5 nitrogen and oxygen atoms in total. The van der Waals surface area contributed by atoms with E-state index in [2.05, 4.69) is 10.4 Å². The van der Waals surface area contributed by atoms with Crippen molar-refractivity contribution >= 4 is 17.7 Å². The van der Waals surface area contributed by atoms with Crippen molar-refractivity contribution in [2.24, 2.45) is 0 Å². The lowest BCUT2D eigenvalue weighted by atomic mass is 10.3. The van der Waals surface area contributed by atoms with Crippen LogP contribution in [0.5, 0.6) is 0 Å². The summed E-state index contributed by atoms with van der Waals surface area (Å²) >= 11 is 1.74. The molecule has 1 unspecified atom stereocenters. The smallest absolute Gasteiger partial charge is 0.244 e. The van der Waals surface area contributed by atoms with Crippen LogP contribution in [0.3, 0.4) is 0 Å². The fourth-order valence-corrected chi connectivity index (χ4v) is 2.60. The topological polar surface area (TPSA) is 67.2 Å². The average molecular weight is 285 g/mol. The van der Waals surface area contributed by atoms with Crippen LogP contribution in [0.2, 0.25) is 0 Å². The molecule has 0 aliphatic rings. The monoisotopic (exact) mass is 285 g/mol. The molecule has 0 saturated heterocycles. The third-order valence-electron chi connectivity index (χ3n) is 2.78. The highest BCUT2D eigenvalue weighted by Crippen LogP contribution is 2.10. The van der Waals surface area contributed by atoms with Crippen molar-refractivity contribution in [3.8, 4) is 0 Å². The molecule has 1 aromatic rings. The van der Waals surface area contributed by atoms with Crippen molar-refractivity contribution < 1.29 is 9.90 Å². The Morgan fingerprint density at radius 2 is 2.26 bits per heavy atom. The molecule has 108 valence electrons. The number of aryl methyl sites for hydroxylation is 2. The van der Waals surface area contributed by atoms with Crippen LogP contribution >= 0.6 is 11.8 Å². The molecule has 0 radical (unpaired) electrons. The van der Waals surface area contributed by atoms with E-state index in [1.807, 2.05) is 26.8 Å². The fourth-order valence-electron chi connectivity index (χ4n) is 1.81. The van der Waals surface area contributed by atoms with E-state index in [0.29, 0.717) is 6.54 Å². The Hall–Kier alpha value is -1.01. The number of hydrogen-bond acceptors (Lipinski definition) is 4. The highest BCUT2D eigenvalue weighted by atomic mass is 32.2. The molecular weight excluding hydrogens is 262 g/mol. The second-order valence-corrected chi connectivity index (χ2v) is 5.75. The van der Waals surface area contributed by atoms with Gasteiger partial charge in [-0.15, -0.1) is 0 Å². The summed E-state index contributed by atoms with van der Waals surface area (Å²) in [6.07, 6.45) is 0.806. The first-order valence-electron chi connectivity index (χ1n) is 6.55. The number of aromatic nitrogens is 2. The summed E-state index contributed by atoms with van der Waals surface area (Å²) in [5.41, 5.74) is 1.93. The largest absolute Gasteiger partial charge is 0.396 e. The van der Waals surface area contributed by atoms with Gasteiger partial charge in [-0.25, -0.2) is 0 Å². The Morgan fingerprint density at radius 3 is 2.84 bits per heavy atom. The highest BCUT2D eigenvalue weighted by molar-refractivity contribution is 7.99. The number of aliphatic hydroxyl groups excluding tert-OH is 1. The molecule has 1 heterocycles. The van der Waals surface area contributed by atoms with Crippen molar-refractivity contribution in [1.29, 1.82) is 0 Å². The molecule has 0 aliphatic heterocycles. The predicted molar refractivity (Wildman–Crippen MR) is 78.4 cm³/mol. The van der Waals surface area contributed by atoms with Crippen molar-refractivity contribution in [2.75, 3.05) is 24.7 Å². The molecule has 0 saturated carbocycles. The molecule has 0 aliphatic carbocycles. The lowest BCUT2D eigenvalue weighted by Gasteiger charge is -2.14. The third kappa shape index (κ3) is 5.24. The maximum atomic E-state index is 12.0. The van der Waals surface area contributed by atoms with Gasteiger partial charge in [0.2, 0.25) is 5.91 Å². The fraction of sp³-hybridized carbons (Fsp3) is 0.692. The maximum Gasteiger partial charge on any atom is 0.244 e. The molecule has 1 amide bonds. The van der Waals surface area contributed by atoms with Crippen LogP contribution in [-0.4, -0.2) is 45.5 Å². The Labute approximate surface area is 118 Å². The average Bonchev–Trinajstić information content (AvgIpc) is 2.71. The van der Waals surface area contributed by atoms with E-state index < -0.39 is 0 Å². The molecular formula is C13H23N3O2S. The first-order chi connectivity index (χ1) is 9.06. The van der Waals surface area contributed by atoms with Gasteiger partial charge in [0, 0.05) is 24.6 Å².